The van der Waals surface area contributed by atoms with E-state index in [1.165, 1.54) is 0 Å². The Morgan fingerprint density at radius 1 is 1.35 bits per heavy atom. The summed E-state index contributed by atoms with van der Waals surface area (Å²) in [6, 6.07) is 5.16. The van der Waals surface area contributed by atoms with Gasteiger partial charge in [0.25, 0.3) is 5.91 Å². The fourth-order valence-corrected chi connectivity index (χ4v) is 1.95. The van der Waals surface area contributed by atoms with Crippen LogP contribution in [0.5, 0.6) is 0 Å². The first-order valence-electron chi connectivity index (χ1n) is 6.66. The second kappa shape index (κ2) is 7.90. The second-order valence-corrected chi connectivity index (χ2v) is 5.45. The van der Waals surface area contributed by atoms with Crippen LogP contribution in [-0.4, -0.2) is 23.5 Å². The van der Waals surface area contributed by atoms with Gasteiger partial charge in [-0.15, -0.1) is 0 Å². The number of rotatable bonds is 7. The number of carboxylic acid groups (broad SMARTS) is 1. The number of halogens is 1. The van der Waals surface area contributed by atoms with Gasteiger partial charge >= 0.3 is 5.97 Å². The van der Waals surface area contributed by atoms with E-state index in [1.807, 2.05) is 13.8 Å². The van der Waals surface area contributed by atoms with Crippen LogP contribution in [0.1, 0.15) is 42.1 Å². The molecule has 0 fully saturated rings. The minimum Gasteiger partial charge on any atom is -0.481 e. The molecule has 0 saturated carbocycles. The minimum absolute atomic E-state index is 0.129. The highest BCUT2D eigenvalue weighted by atomic mass is 35.5. The van der Waals surface area contributed by atoms with Gasteiger partial charge in [0.1, 0.15) is 0 Å². The van der Waals surface area contributed by atoms with Crippen molar-refractivity contribution < 1.29 is 14.7 Å². The Hall–Kier alpha value is -1.55. The SMILES string of the molecule is Cc1cc(C(=O)NCCC(C)CCC(=O)O)ccc1Cl. The smallest absolute Gasteiger partial charge is 0.303 e. The van der Waals surface area contributed by atoms with Crippen LogP contribution >= 0.6 is 11.6 Å². The van der Waals surface area contributed by atoms with Crippen molar-refractivity contribution in [3.8, 4) is 0 Å². The van der Waals surface area contributed by atoms with Crippen LogP contribution in [0, 0.1) is 12.8 Å². The maximum absolute atomic E-state index is 11.9. The summed E-state index contributed by atoms with van der Waals surface area (Å²) in [5, 5.41) is 12.1. The third kappa shape index (κ3) is 5.61. The molecule has 1 unspecified atom stereocenters. The van der Waals surface area contributed by atoms with E-state index in [0.717, 1.165) is 12.0 Å². The number of carbonyl (C=O) groups excluding carboxylic acids is 1. The van der Waals surface area contributed by atoms with Gasteiger partial charge in [-0.3, -0.25) is 9.59 Å². The van der Waals surface area contributed by atoms with E-state index in [4.69, 9.17) is 16.7 Å². The van der Waals surface area contributed by atoms with Crippen molar-refractivity contribution in [1.82, 2.24) is 5.32 Å². The number of amides is 1. The van der Waals surface area contributed by atoms with Crippen molar-refractivity contribution in [3.05, 3.63) is 34.3 Å². The lowest BCUT2D eigenvalue weighted by atomic mass is 10.0. The van der Waals surface area contributed by atoms with Crippen LogP contribution in [-0.2, 0) is 4.79 Å². The molecule has 1 aromatic rings. The minimum atomic E-state index is -0.780. The maximum atomic E-state index is 11.9. The Morgan fingerprint density at radius 2 is 2.05 bits per heavy atom. The van der Waals surface area contributed by atoms with E-state index >= 15 is 0 Å². The summed E-state index contributed by atoms with van der Waals surface area (Å²) in [7, 11) is 0. The van der Waals surface area contributed by atoms with Crippen LogP contribution in [0.25, 0.3) is 0 Å². The van der Waals surface area contributed by atoms with Crippen molar-refractivity contribution >= 4 is 23.5 Å². The number of carbonyl (C=O) groups is 2. The number of aryl methyl sites for hydroxylation is 1. The molecule has 0 radical (unpaired) electrons. The second-order valence-electron chi connectivity index (χ2n) is 5.05. The van der Waals surface area contributed by atoms with Gasteiger partial charge in [-0.05, 0) is 49.4 Å². The average molecular weight is 298 g/mol. The van der Waals surface area contributed by atoms with E-state index in [1.54, 1.807) is 18.2 Å². The first-order valence-corrected chi connectivity index (χ1v) is 7.04. The first kappa shape index (κ1) is 16.5. The molecule has 0 saturated heterocycles. The zero-order valence-corrected chi connectivity index (χ0v) is 12.5. The number of nitrogens with one attached hydrogen (secondary N) is 1. The summed E-state index contributed by atoms with van der Waals surface area (Å²) in [6.07, 6.45) is 1.57. The molecule has 0 aliphatic carbocycles. The summed E-state index contributed by atoms with van der Waals surface area (Å²) >= 11 is 5.91. The first-order chi connectivity index (χ1) is 9.40. The fraction of sp³-hybridized carbons (Fsp3) is 0.467. The van der Waals surface area contributed by atoms with Crippen molar-refractivity contribution in [2.75, 3.05) is 6.54 Å². The third-order valence-corrected chi connectivity index (χ3v) is 3.62. The van der Waals surface area contributed by atoms with Crippen LogP contribution in [0.4, 0.5) is 0 Å². The molecular formula is C15H20ClNO3. The zero-order valence-electron chi connectivity index (χ0n) is 11.8. The molecule has 0 aliphatic heterocycles. The quantitative estimate of drug-likeness (QED) is 0.811. The molecule has 2 N–H and O–H groups in total. The summed E-state index contributed by atoms with van der Waals surface area (Å²) in [6.45, 7) is 4.38. The number of hydrogen-bond donors (Lipinski definition) is 2. The van der Waals surface area contributed by atoms with Crippen LogP contribution in [0.15, 0.2) is 18.2 Å². The highest BCUT2D eigenvalue weighted by Gasteiger charge is 2.09. The number of benzene rings is 1. The lowest BCUT2D eigenvalue weighted by Gasteiger charge is -2.11. The van der Waals surface area contributed by atoms with Crippen molar-refractivity contribution in [2.45, 2.75) is 33.1 Å². The van der Waals surface area contributed by atoms with Gasteiger partial charge in [0.2, 0.25) is 0 Å². The monoisotopic (exact) mass is 297 g/mol. The van der Waals surface area contributed by atoms with Gasteiger partial charge in [-0.2, -0.15) is 0 Å². The Balaban J connectivity index is 2.36. The molecule has 1 aromatic carbocycles. The molecule has 0 aliphatic rings. The van der Waals surface area contributed by atoms with E-state index in [2.05, 4.69) is 5.32 Å². The standard InChI is InChI=1S/C15H20ClNO3/c1-10(3-6-14(18)19)7-8-17-15(20)12-4-5-13(16)11(2)9-12/h4-5,9-10H,3,6-8H2,1-2H3,(H,17,20)(H,18,19). The molecule has 0 bridgehead atoms. The molecule has 4 nitrogen and oxygen atoms in total. The Kier molecular flexibility index (Phi) is 6.52. The highest BCUT2D eigenvalue weighted by Crippen LogP contribution is 2.16. The predicted octanol–water partition coefficient (Wildman–Crippen LogP) is 3.27. The molecule has 5 heteroatoms. The lowest BCUT2D eigenvalue weighted by Crippen LogP contribution is -2.25. The van der Waals surface area contributed by atoms with Crippen LogP contribution in [0.2, 0.25) is 5.02 Å². The normalized spacial score (nSPS) is 11.9. The van der Waals surface area contributed by atoms with Crippen molar-refractivity contribution in [2.24, 2.45) is 5.92 Å². The van der Waals surface area contributed by atoms with E-state index in [0.29, 0.717) is 23.6 Å². The van der Waals surface area contributed by atoms with E-state index in [-0.39, 0.29) is 18.2 Å². The van der Waals surface area contributed by atoms with Gasteiger partial charge in [-0.25, -0.2) is 0 Å². The molecule has 0 heterocycles. The maximum Gasteiger partial charge on any atom is 0.303 e. The number of hydrogen-bond acceptors (Lipinski definition) is 2. The summed E-state index contributed by atoms with van der Waals surface area (Å²) < 4.78 is 0. The van der Waals surface area contributed by atoms with E-state index < -0.39 is 5.97 Å². The Morgan fingerprint density at radius 3 is 2.65 bits per heavy atom. The van der Waals surface area contributed by atoms with Crippen molar-refractivity contribution in [3.63, 3.8) is 0 Å². The zero-order chi connectivity index (χ0) is 15.1. The number of aliphatic carboxylic acids is 1. The molecule has 0 spiro atoms. The molecule has 1 amide bonds. The topological polar surface area (TPSA) is 66.4 Å². The predicted molar refractivity (Wildman–Crippen MR) is 79.2 cm³/mol. The van der Waals surface area contributed by atoms with Gasteiger partial charge in [-0.1, -0.05) is 18.5 Å². The molecule has 110 valence electrons. The molecular weight excluding hydrogens is 278 g/mol. The molecule has 1 rings (SSSR count). The van der Waals surface area contributed by atoms with Gasteiger partial charge in [0.05, 0.1) is 0 Å². The number of carboxylic acids is 1. The van der Waals surface area contributed by atoms with Gasteiger partial charge < -0.3 is 10.4 Å². The van der Waals surface area contributed by atoms with Crippen LogP contribution in [0.3, 0.4) is 0 Å². The van der Waals surface area contributed by atoms with E-state index in [9.17, 15) is 9.59 Å². The fourth-order valence-electron chi connectivity index (χ4n) is 1.83. The van der Waals surface area contributed by atoms with Gasteiger partial charge in [0.15, 0.2) is 0 Å². The largest absolute Gasteiger partial charge is 0.481 e. The molecule has 20 heavy (non-hydrogen) atoms. The molecule has 0 aromatic heterocycles. The summed E-state index contributed by atoms with van der Waals surface area (Å²) in [4.78, 5) is 22.4. The average Bonchev–Trinajstić information content (AvgIpc) is 2.39. The summed E-state index contributed by atoms with van der Waals surface area (Å²) in [5.41, 5.74) is 1.46. The summed E-state index contributed by atoms with van der Waals surface area (Å²) in [5.74, 6) is -0.633. The van der Waals surface area contributed by atoms with Crippen LogP contribution < -0.4 is 5.32 Å². The van der Waals surface area contributed by atoms with Crippen molar-refractivity contribution in [1.29, 1.82) is 0 Å². The van der Waals surface area contributed by atoms with Gasteiger partial charge in [0, 0.05) is 23.6 Å². The Bertz CT molecular complexity index is 488. The Labute approximate surface area is 124 Å². The third-order valence-electron chi connectivity index (χ3n) is 3.19. The molecule has 1 atom stereocenters. The lowest BCUT2D eigenvalue weighted by molar-refractivity contribution is -0.137. The highest BCUT2D eigenvalue weighted by molar-refractivity contribution is 6.31.